The fourth-order valence-electron chi connectivity index (χ4n) is 2.32. The van der Waals surface area contributed by atoms with Crippen molar-refractivity contribution in [3.05, 3.63) is 45.4 Å². The van der Waals surface area contributed by atoms with Crippen LogP contribution in [0.25, 0.3) is 0 Å². The minimum Gasteiger partial charge on any atom is -0.370 e. The molecule has 2 aromatic heterocycles. The number of pyridine rings is 1. The van der Waals surface area contributed by atoms with Gasteiger partial charge in [0.1, 0.15) is 6.07 Å². The van der Waals surface area contributed by atoms with Gasteiger partial charge < -0.3 is 4.90 Å². The molecule has 0 fully saturated rings. The molecule has 0 amide bonds. The molecule has 2 rings (SSSR count). The minimum absolute atomic E-state index is 0.335. The van der Waals surface area contributed by atoms with Crippen LogP contribution >= 0.6 is 11.3 Å². The fourth-order valence-corrected chi connectivity index (χ4v) is 3.15. The van der Waals surface area contributed by atoms with Gasteiger partial charge in [0.15, 0.2) is 0 Å². The molecular weight excluding hydrogens is 266 g/mol. The van der Waals surface area contributed by atoms with Gasteiger partial charge >= 0.3 is 0 Å². The number of anilines is 1. The summed E-state index contributed by atoms with van der Waals surface area (Å²) < 4.78 is 0. The number of hydrogen-bond donors (Lipinski definition) is 0. The van der Waals surface area contributed by atoms with E-state index in [9.17, 15) is 5.26 Å². The summed E-state index contributed by atoms with van der Waals surface area (Å²) >= 11 is 1.78. The Labute approximate surface area is 124 Å². The third-order valence-corrected chi connectivity index (χ3v) is 4.44. The Morgan fingerprint density at radius 1 is 1.45 bits per heavy atom. The second-order valence-corrected chi connectivity index (χ2v) is 6.13. The largest absolute Gasteiger partial charge is 0.370 e. The van der Waals surface area contributed by atoms with Gasteiger partial charge in [0.2, 0.25) is 0 Å². The van der Waals surface area contributed by atoms with E-state index in [0.717, 1.165) is 23.5 Å². The van der Waals surface area contributed by atoms with Crippen LogP contribution < -0.4 is 4.90 Å². The first-order valence-corrected chi connectivity index (χ1v) is 7.54. The van der Waals surface area contributed by atoms with E-state index in [-0.39, 0.29) is 0 Å². The number of likely N-dealkylation sites (N-methyl/N-ethyl adjacent to an activating group) is 1. The topological polar surface area (TPSA) is 39.9 Å². The third kappa shape index (κ3) is 3.00. The molecule has 0 bridgehead atoms. The number of aryl methyl sites for hydroxylation is 2. The lowest BCUT2D eigenvalue weighted by molar-refractivity contribution is 0.686. The molecule has 0 N–H and O–H groups in total. The van der Waals surface area contributed by atoms with Crippen LogP contribution in [-0.2, 0) is 6.42 Å². The van der Waals surface area contributed by atoms with Gasteiger partial charge in [0.25, 0.3) is 0 Å². The van der Waals surface area contributed by atoms with Crippen LogP contribution in [0.3, 0.4) is 0 Å². The zero-order valence-corrected chi connectivity index (χ0v) is 13.2. The van der Waals surface area contributed by atoms with Gasteiger partial charge in [-0.2, -0.15) is 5.26 Å². The average molecular weight is 285 g/mol. The van der Waals surface area contributed by atoms with Crippen LogP contribution in [0.1, 0.15) is 28.8 Å². The van der Waals surface area contributed by atoms with E-state index < -0.39 is 0 Å². The van der Waals surface area contributed by atoms with Crippen LogP contribution in [0, 0.1) is 25.2 Å². The SMILES string of the molecule is Cc1cc(N(C)C(C)Cc2cccs2)c(C#N)c(C)n1. The molecule has 1 atom stereocenters. The smallest absolute Gasteiger partial charge is 0.103 e. The fraction of sp³-hybridized carbons (Fsp3) is 0.375. The quantitative estimate of drug-likeness (QED) is 0.860. The molecule has 0 aliphatic rings. The van der Waals surface area contributed by atoms with E-state index in [1.54, 1.807) is 11.3 Å². The van der Waals surface area contributed by atoms with E-state index in [0.29, 0.717) is 11.6 Å². The highest BCUT2D eigenvalue weighted by molar-refractivity contribution is 7.09. The van der Waals surface area contributed by atoms with E-state index in [1.807, 2.05) is 27.0 Å². The van der Waals surface area contributed by atoms with E-state index in [1.165, 1.54) is 4.88 Å². The Morgan fingerprint density at radius 3 is 2.80 bits per heavy atom. The van der Waals surface area contributed by atoms with Crippen LogP contribution in [0.15, 0.2) is 23.6 Å². The predicted octanol–water partition coefficient (Wildman–Crippen LogP) is 3.70. The Morgan fingerprint density at radius 2 is 2.20 bits per heavy atom. The Balaban J connectivity index is 2.28. The van der Waals surface area contributed by atoms with Gasteiger partial charge in [-0.05, 0) is 38.3 Å². The molecule has 20 heavy (non-hydrogen) atoms. The lowest BCUT2D eigenvalue weighted by Crippen LogP contribution is -2.31. The Bertz CT molecular complexity index is 626. The molecule has 0 aliphatic carbocycles. The molecule has 0 radical (unpaired) electrons. The molecule has 104 valence electrons. The average Bonchev–Trinajstić information content (AvgIpc) is 2.89. The molecule has 2 heterocycles. The lowest BCUT2D eigenvalue weighted by atomic mass is 10.1. The summed E-state index contributed by atoms with van der Waals surface area (Å²) in [4.78, 5) is 7.92. The van der Waals surface area contributed by atoms with Crippen molar-refractivity contribution in [2.75, 3.05) is 11.9 Å². The van der Waals surface area contributed by atoms with Crippen LogP contribution in [-0.4, -0.2) is 18.1 Å². The van der Waals surface area contributed by atoms with Crippen LogP contribution in [0.4, 0.5) is 5.69 Å². The molecule has 0 spiro atoms. The number of nitriles is 1. The zero-order valence-electron chi connectivity index (χ0n) is 12.3. The van der Waals surface area contributed by atoms with Gasteiger partial charge in [0.05, 0.1) is 16.9 Å². The monoisotopic (exact) mass is 285 g/mol. The Kier molecular flexibility index (Phi) is 4.41. The first-order valence-electron chi connectivity index (χ1n) is 6.66. The van der Waals surface area contributed by atoms with Crippen molar-refractivity contribution < 1.29 is 0 Å². The van der Waals surface area contributed by atoms with Crippen molar-refractivity contribution in [2.45, 2.75) is 33.2 Å². The first-order chi connectivity index (χ1) is 9.52. The summed E-state index contributed by atoms with van der Waals surface area (Å²) in [7, 11) is 2.05. The van der Waals surface area contributed by atoms with Crippen molar-refractivity contribution in [3.63, 3.8) is 0 Å². The summed E-state index contributed by atoms with van der Waals surface area (Å²) in [5, 5.41) is 11.5. The summed E-state index contributed by atoms with van der Waals surface area (Å²) in [5.74, 6) is 0. The van der Waals surface area contributed by atoms with E-state index in [2.05, 4.69) is 40.4 Å². The molecule has 0 saturated carbocycles. The highest BCUT2D eigenvalue weighted by Gasteiger charge is 2.17. The highest BCUT2D eigenvalue weighted by atomic mass is 32.1. The van der Waals surface area contributed by atoms with Crippen molar-refractivity contribution in [1.29, 1.82) is 5.26 Å². The van der Waals surface area contributed by atoms with Crippen LogP contribution in [0.5, 0.6) is 0 Å². The summed E-state index contributed by atoms with van der Waals surface area (Å²) in [6, 6.07) is 8.85. The zero-order chi connectivity index (χ0) is 14.7. The maximum Gasteiger partial charge on any atom is 0.103 e. The molecule has 1 unspecified atom stereocenters. The van der Waals surface area contributed by atoms with E-state index >= 15 is 0 Å². The molecule has 2 aromatic rings. The first kappa shape index (κ1) is 14.5. The van der Waals surface area contributed by atoms with Gasteiger partial charge in [-0.15, -0.1) is 11.3 Å². The second kappa shape index (κ2) is 6.06. The molecular formula is C16H19N3S. The number of rotatable bonds is 4. The molecule has 0 aliphatic heterocycles. The van der Waals surface area contributed by atoms with Gasteiger partial charge in [-0.3, -0.25) is 4.98 Å². The minimum atomic E-state index is 0.335. The second-order valence-electron chi connectivity index (χ2n) is 5.10. The van der Waals surface area contributed by atoms with Crippen molar-refractivity contribution >= 4 is 17.0 Å². The van der Waals surface area contributed by atoms with Gasteiger partial charge in [-0.25, -0.2) is 0 Å². The summed E-state index contributed by atoms with van der Waals surface area (Å²) in [6.45, 7) is 6.05. The number of thiophene rings is 1. The number of hydrogen-bond acceptors (Lipinski definition) is 4. The standard InChI is InChI=1S/C16H19N3S/c1-11-8-16(15(10-17)13(3)18-11)19(4)12(2)9-14-6-5-7-20-14/h5-8,12H,9H2,1-4H3. The molecule has 0 aromatic carbocycles. The summed E-state index contributed by atoms with van der Waals surface area (Å²) in [6.07, 6.45) is 0.986. The lowest BCUT2D eigenvalue weighted by Gasteiger charge is -2.28. The van der Waals surface area contributed by atoms with Crippen molar-refractivity contribution in [1.82, 2.24) is 4.98 Å². The molecule has 0 saturated heterocycles. The van der Waals surface area contributed by atoms with E-state index in [4.69, 9.17) is 0 Å². The normalized spacial score (nSPS) is 11.9. The third-order valence-electron chi connectivity index (χ3n) is 3.54. The van der Waals surface area contributed by atoms with Gasteiger partial charge in [-0.1, -0.05) is 6.07 Å². The summed E-state index contributed by atoms with van der Waals surface area (Å²) in [5.41, 5.74) is 3.40. The van der Waals surface area contributed by atoms with Crippen molar-refractivity contribution in [2.24, 2.45) is 0 Å². The number of nitrogens with zero attached hydrogens (tertiary/aromatic N) is 3. The Hall–Kier alpha value is -1.86. The van der Waals surface area contributed by atoms with Gasteiger partial charge in [0, 0.05) is 30.1 Å². The van der Waals surface area contributed by atoms with Crippen LogP contribution in [0.2, 0.25) is 0 Å². The van der Waals surface area contributed by atoms with Crippen molar-refractivity contribution in [3.8, 4) is 6.07 Å². The maximum atomic E-state index is 9.36. The molecule has 4 heteroatoms. The predicted molar refractivity (Wildman–Crippen MR) is 84.3 cm³/mol. The highest BCUT2D eigenvalue weighted by Crippen LogP contribution is 2.25. The molecule has 3 nitrogen and oxygen atoms in total. The number of aromatic nitrogens is 1. The maximum absolute atomic E-state index is 9.36.